The molecule has 1 aromatic rings. The van der Waals surface area contributed by atoms with Crippen molar-refractivity contribution in [2.24, 2.45) is 5.73 Å². The summed E-state index contributed by atoms with van der Waals surface area (Å²) in [6.45, 7) is 4.16. The fourth-order valence-corrected chi connectivity index (χ4v) is 4.27. The number of nitrogens with zero attached hydrogens (tertiary/aromatic N) is 1. The lowest BCUT2D eigenvalue weighted by molar-refractivity contribution is 0.0696. The average molecular weight is 312 g/mol. The number of sulfonamides is 1. The van der Waals surface area contributed by atoms with E-state index in [1.165, 1.54) is 16.4 Å². The van der Waals surface area contributed by atoms with Crippen LogP contribution in [0.1, 0.15) is 34.3 Å². The van der Waals surface area contributed by atoms with Gasteiger partial charge in [-0.25, -0.2) is 13.2 Å². The highest BCUT2D eigenvalue weighted by atomic mass is 32.2. The Labute approximate surface area is 124 Å². The molecule has 1 fully saturated rings. The molecule has 21 heavy (non-hydrogen) atoms. The van der Waals surface area contributed by atoms with E-state index in [1.807, 2.05) is 0 Å². The lowest BCUT2D eigenvalue weighted by Gasteiger charge is -2.30. The number of carbonyl (C=O) groups is 1. The maximum absolute atomic E-state index is 12.7. The molecule has 0 unspecified atom stereocenters. The number of nitrogens with two attached hydrogens (primary N) is 1. The van der Waals surface area contributed by atoms with Crippen molar-refractivity contribution in [2.75, 3.05) is 13.1 Å². The number of piperidine rings is 1. The molecule has 0 aliphatic carbocycles. The van der Waals surface area contributed by atoms with Gasteiger partial charge in [-0.1, -0.05) is 0 Å². The van der Waals surface area contributed by atoms with Gasteiger partial charge in [0.1, 0.15) is 0 Å². The summed E-state index contributed by atoms with van der Waals surface area (Å²) in [7, 11) is -3.68. The third-order valence-electron chi connectivity index (χ3n) is 3.98. The molecule has 0 saturated carbocycles. The van der Waals surface area contributed by atoms with Crippen LogP contribution in [0.3, 0.4) is 0 Å². The molecule has 2 rings (SSSR count). The Morgan fingerprint density at radius 1 is 1.29 bits per heavy atom. The molecule has 0 aromatic heterocycles. The molecule has 0 amide bonds. The van der Waals surface area contributed by atoms with Crippen LogP contribution in [-0.4, -0.2) is 42.9 Å². The first-order valence-corrected chi connectivity index (χ1v) is 8.27. The van der Waals surface area contributed by atoms with E-state index in [0.29, 0.717) is 37.1 Å². The Morgan fingerprint density at radius 2 is 1.86 bits per heavy atom. The zero-order valence-corrected chi connectivity index (χ0v) is 13.0. The summed E-state index contributed by atoms with van der Waals surface area (Å²) in [5, 5.41) is 9.11. The summed E-state index contributed by atoms with van der Waals surface area (Å²) in [4.78, 5) is 11.2. The fourth-order valence-electron chi connectivity index (χ4n) is 2.47. The van der Waals surface area contributed by atoms with E-state index in [1.54, 1.807) is 13.8 Å². The largest absolute Gasteiger partial charge is 0.478 e. The van der Waals surface area contributed by atoms with Crippen molar-refractivity contribution in [3.63, 3.8) is 0 Å². The van der Waals surface area contributed by atoms with Crippen molar-refractivity contribution in [1.82, 2.24) is 4.31 Å². The molecule has 0 radical (unpaired) electrons. The summed E-state index contributed by atoms with van der Waals surface area (Å²) in [6, 6.07) is 2.77. The fraction of sp³-hybridized carbons (Fsp3) is 0.500. The normalized spacial score (nSPS) is 17.9. The van der Waals surface area contributed by atoms with Crippen LogP contribution in [0.25, 0.3) is 0 Å². The first-order chi connectivity index (χ1) is 9.73. The van der Waals surface area contributed by atoms with Gasteiger partial charge < -0.3 is 10.8 Å². The smallest absolute Gasteiger partial charge is 0.335 e. The number of carboxylic acids is 1. The Kier molecular flexibility index (Phi) is 4.36. The van der Waals surface area contributed by atoms with Crippen LogP contribution in [0, 0.1) is 13.8 Å². The lowest BCUT2D eigenvalue weighted by Crippen LogP contribution is -2.43. The van der Waals surface area contributed by atoms with Crippen LogP contribution in [-0.2, 0) is 10.0 Å². The Hall–Kier alpha value is -1.44. The van der Waals surface area contributed by atoms with Crippen molar-refractivity contribution in [2.45, 2.75) is 37.6 Å². The van der Waals surface area contributed by atoms with Crippen LogP contribution in [0.2, 0.25) is 0 Å². The minimum Gasteiger partial charge on any atom is -0.478 e. The van der Waals surface area contributed by atoms with Crippen LogP contribution in [0.15, 0.2) is 17.0 Å². The Morgan fingerprint density at radius 3 is 2.38 bits per heavy atom. The first-order valence-electron chi connectivity index (χ1n) is 6.83. The van der Waals surface area contributed by atoms with Gasteiger partial charge in [0.25, 0.3) is 0 Å². The van der Waals surface area contributed by atoms with Gasteiger partial charge in [0.15, 0.2) is 0 Å². The average Bonchev–Trinajstić information content (AvgIpc) is 2.41. The van der Waals surface area contributed by atoms with Crippen LogP contribution in [0.4, 0.5) is 0 Å². The Bertz CT molecular complexity index is 662. The van der Waals surface area contributed by atoms with Crippen LogP contribution >= 0.6 is 0 Å². The van der Waals surface area contributed by atoms with Gasteiger partial charge in [-0.2, -0.15) is 4.31 Å². The number of carboxylic acid groups (broad SMARTS) is 1. The van der Waals surface area contributed by atoms with Crippen molar-refractivity contribution in [1.29, 1.82) is 0 Å². The van der Waals surface area contributed by atoms with E-state index in [4.69, 9.17) is 10.8 Å². The van der Waals surface area contributed by atoms with Gasteiger partial charge in [-0.15, -0.1) is 0 Å². The number of aromatic carboxylic acids is 1. The van der Waals surface area contributed by atoms with Crippen molar-refractivity contribution >= 4 is 16.0 Å². The third kappa shape index (κ3) is 3.09. The Balaban J connectivity index is 2.47. The predicted molar refractivity (Wildman–Crippen MR) is 78.8 cm³/mol. The predicted octanol–water partition coefficient (Wildman–Crippen LogP) is 1.11. The summed E-state index contributed by atoms with van der Waals surface area (Å²) >= 11 is 0. The number of aryl methyl sites for hydroxylation is 1. The molecule has 1 saturated heterocycles. The van der Waals surface area contributed by atoms with Gasteiger partial charge in [0, 0.05) is 19.1 Å². The first kappa shape index (κ1) is 15.9. The molecule has 1 aliphatic rings. The molecular formula is C14H20N2O4S. The van der Waals surface area contributed by atoms with Gasteiger partial charge in [-0.05, 0) is 49.9 Å². The highest BCUT2D eigenvalue weighted by Gasteiger charge is 2.30. The van der Waals surface area contributed by atoms with Crippen LogP contribution in [0.5, 0.6) is 0 Å². The SMILES string of the molecule is Cc1cc(C(=O)O)cc(S(=O)(=O)N2CCC(N)CC2)c1C. The van der Waals surface area contributed by atoms with Crippen LogP contribution < -0.4 is 5.73 Å². The molecule has 1 heterocycles. The molecule has 116 valence electrons. The number of hydrogen-bond donors (Lipinski definition) is 2. The second-order valence-electron chi connectivity index (χ2n) is 5.46. The molecule has 1 aromatic carbocycles. The lowest BCUT2D eigenvalue weighted by atomic mass is 10.1. The molecule has 1 aliphatic heterocycles. The summed E-state index contributed by atoms with van der Waals surface area (Å²) in [6.07, 6.45) is 1.24. The zero-order chi connectivity index (χ0) is 15.8. The second kappa shape index (κ2) is 5.75. The monoisotopic (exact) mass is 312 g/mol. The van der Waals surface area contributed by atoms with Gasteiger partial charge >= 0.3 is 5.97 Å². The van der Waals surface area contributed by atoms with E-state index in [2.05, 4.69) is 0 Å². The molecular weight excluding hydrogens is 292 g/mol. The highest BCUT2D eigenvalue weighted by Crippen LogP contribution is 2.26. The van der Waals surface area contributed by atoms with E-state index in [9.17, 15) is 13.2 Å². The molecule has 0 bridgehead atoms. The summed E-state index contributed by atoms with van der Waals surface area (Å²) in [5.74, 6) is -1.13. The molecule has 7 heteroatoms. The summed E-state index contributed by atoms with van der Waals surface area (Å²) in [5.41, 5.74) is 7.04. The number of rotatable bonds is 3. The molecule has 6 nitrogen and oxygen atoms in total. The van der Waals surface area contributed by atoms with Crippen molar-refractivity contribution in [3.05, 3.63) is 28.8 Å². The molecule has 3 N–H and O–H groups in total. The quantitative estimate of drug-likeness (QED) is 0.871. The minimum absolute atomic E-state index is 0.00890. The molecule has 0 spiro atoms. The minimum atomic E-state index is -3.68. The van der Waals surface area contributed by atoms with Crippen molar-refractivity contribution in [3.8, 4) is 0 Å². The van der Waals surface area contributed by atoms with Gasteiger partial charge in [0.2, 0.25) is 10.0 Å². The summed E-state index contributed by atoms with van der Waals surface area (Å²) < 4.78 is 26.9. The van der Waals surface area contributed by atoms with E-state index in [0.717, 1.165) is 0 Å². The molecule has 0 atom stereocenters. The second-order valence-corrected chi connectivity index (χ2v) is 7.37. The third-order valence-corrected chi connectivity index (χ3v) is 6.01. The standard InChI is InChI=1S/C14H20N2O4S/c1-9-7-11(14(17)18)8-13(10(9)2)21(19,20)16-5-3-12(15)4-6-16/h7-8,12H,3-6,15H2,1-2H3,(H,17,18). The number of benzene rings is 1. The number of hydrogen-bond acceptors (Lipinski definition) is 4. The van der Waals surface area contributed by atoms with Gasteiger partial charge in [-0.3, -0.25) is 0 Å². The zero-order valence-electron chi connectivity index (χ0n) is 12.2. The highest BCUT2D eigenvalue weighted by molar-refractivity contribution is 7.89. The van der Waals surface area contributed by atoms with Gasteiger partial charge in [0.05, 0.1) is 10.5 Å². The van der Waals surface area contributed by atoms with E-state index in [-0.39, 0.29) is 16.5 Å². The van der Waals surface area contributed by atoms with E-state index < -0.39 is 16.0 Å². The maximum Gasteiger partial charge on any atom is 0.335 e. The van der Waals surface area contributed by atoms with E-state index >= 15 is 0 Å². The van der Waals surface area contributed by atoms with Crippen molar-refractivity contribution < 1.29 is 18.3 Å². The topological polar surface area (TPSA) is 101 Å². The maximum atomic E-state index is 12.7.